The molecule has 0 aromatic rings. The van der Waals surface area contributed by atoms with E-state index >= 15 is 0 Å². The Labute approximate surface area is 85.4 Å². The number of dihydropyridines is 1. The van der Waals surface area contributed by atoms with E-state index in [1.807, 2.05) is 25.3 Å². The second kappa shape index (κ2) is 4.80. The Balaban J connectivity index is 2.79. The predicted octanol–water partition coefficient (Wildman–Crippen LogP) is 2.34. The molecule has 14 heavy (non-hydrogen) atoms. The van der Waals surface area contributed by atoms with Crippen LogP contribution in [0.1, 0.15) is 26.7 Å². The summed E-state index contributed by atoms with van der Waals surface area (Å²) in [5.41, 5.74) is 2.39. The van der Waals surface area contributed by atoms with E-state index in [0.29, 0.717) is 0 Å². The van der Waals surface area contributed by atoms with Gasteiger partial charge in [0.2, 0.25) is 0 Å². The molecule has 0 radical (unpaired) electrons. The average Bonchev–Trinajstić information content (AvgIpc) is 2.16. The lowest BCUT2D eigenvalue weighted by Gasteiger charge is -2.22. The molecular weight excluding hydrogens is 174 g/mol. The fourth-order valence-electron chi connectivity index (χ4n) is 1.65. The molecule has 1 unspecified atom stereocenters. The molecule has 1 aliphatic heterocycles. The van der Waals surface area contributed by atoms with Gasteiger partial charge in [-0.1, -0.05) is 6.08 Å². The van der Waals surface area contributed by atoms with Gasteiger partial charge in [-0.05, 0) is 50.1 Å². The summed E-state index contributed by atoms with van der Waals surface area (Å²) in [5.74, 6) is 0.169. The number of nitrogens with one attached hydrogen (secondary N) is 1. The van der Waals surface area contributed by atoms with Gasteiger partial charge in [0.15, 0.2) is 5.78 Å². The number of carbonyl (C=O) groups is 1. The maximum absolute atomic E-state index is 11.3. The van der Waals surface area contributed by atoms with E-state index in [0.717, 1.165) is 18.4 Å². The van der Waals surface area contributed by atoms with Crippen LogP contribution >= 0.6 is 0 Å². The van der Waals surface area contributed by atoms with Crippen molar-refractivity contribution >= 4 is 5.78 Å². The highest BCUT2D eigenvalue weighted by atomic mass is 16.1. The van der Waals surface area contributed by atoms with Crippen LogP contribution in [-0.4, -0.2) is 11.8 Å². The number of allylic oxidation sites excluding steroid dienone is 3. The highest BCUT2D eigenvalue weighted by molar-refractivity contribution is 5.85. The zero-order chi connectivity index (χ0) is 10.6. The van der Waals surface area contributed by atoms with Crippen molar-refractivity contribution in [2.45, 2.75) is 32.7 Å². The summed E-state index contributed by atoms with van der Waals surface area (Å²) in [7, 11) is 0. The van der Waals surface area contributed by atoms with E-state index in [4.69, 9.17) is 0 Å². The molecule has 0 fully saturated rings. The molecule has 0 aromatic carbocycles. The summed E-state index contributed by atoms with van der Waals surface area (Å²) in [6.45, 7) is 7.33. The lowest BCUT2D eigenvalue weighted by atomic mass is 9.94. The first kappa shape index (κ1) is 10.8. The highest BCUT2D eigenvalue weighted by Crippen LogP contribution is 2.19. The highest BCUT2D eigenvalue weighted by Gasteiger charge is 2.19. The Kier molecular flexibility index (Phi) is 3.69. The van der Waals surface area contributed by atoms with Crippen LogP contribution in [0.4, 0.5) is 0 Å². The summed E-state index contributed by atoms with van der Waals surface area (Å²) >= 11 is 0. The predicted molar refractivity (Wildman–Crippen MR) is 58.9 cm³/mol. The summed E-state index contributed by atoms with van der Waals surface area (Å²) in [4.78, 5) is 11.3. The Bertz CT molecular complexity index is 299. The zero-order valence-corrected chi connectivity index (χ0v) is 8.84. The van der Waals surface area contributed by atoms with Crippen molar-refractivity contribution in [3.8, 4) is 0 Å². The quantitative estimate of drug-likeness (QED) is 0.691. The third-order valence-electron chi connectivity index (χ3n) is 2.51. The van der Waals surface area contributed by atoms with Crippen LogP contribution in [0, 0.1) is 0 Å². The van der Waals surface area contributed by atoms with E-state index in [1.165, 1.54) is 5.57 Å². The van der Waals surface area contributed by atoms with Crippen LogP contribution in [0.25, 0.3) is 0 Å². The lowest BCUT2D eigenvalue weighted by molar-refractivity contribution is -0.117. The Morgan fingerprint density at radius 1 is 1.71 bits per heavy atom. The zero-order valence-electron chi connectivity index (χ0n) is 8.84. The second-order valence-corrected chi connectivity index (χ2v) is 3.58. The fourth-order valence-corrected chi connectivity index (χ4v) is 1.65. The number of carbonyl (C=O) groups excluding carboxylic acids is 1. The molecule has 1 aliphatic rings. The summed E-state index contributed by atoms with van der Waals surface area (Å²) < 4.78 is 0. The van der Waals surface area contributed by atoms with Gasteiger partial charge in [-0.2, -0.15) is 0 Å². The van der Waals surface area contributed by atoms with Crippen molar-refractivity contribution in [3.63, 3.8) is 0 Å². The standard InChI is InChI=1S/C12H17NO/c1-4-5-6-11-7-8-13-12(9(11)2)10(3)14/h4,7-8,12-13H,1,5-6H2,2-3H3. The molecule has 0 bridgehead atoms. The molecule has 0 amide bonds. The van der Waals surface area contributed by atoms with Crippen molar-refractivity contribution in [2.24, 2.45) is 0 Å². The van der Waals surface area contributed by atoms with Crippen molar-refractivity contribution in [3.05, 3.63) is 36.1 Å². The summed E-state index contributed by atoms with van der Waals surface area (Å²) in [5, 5.41) is 3.06. The van der Waals surface area contributed by atoms with Crippen LogP contribution in [-0.2, 0) is 4.79 Å². The minimum Gasteiger partial charge on any atom is -0.378 e. The fraction of sp³-hybridized carbons (Fsp3) is 0.417. The van der Waals surface area contributed by atoms with Gasteiger partial charge >= 0.3 is 0 Å². The normalized spacial score (nSPS) is 20.6. The van der Waals surface area contributed by atoms with Crippen molar-refractivity contribution in [2.75, 3.05) is 0 Å². The third-order valence-corrected chi connectivity index (χ3v) is 2.51. The van der Waals surface area contributed by atoms with Crippen LogP contribution in [0.15, 0.2) is 36.1 Å². The maximum Gasteiger partial charge on any atom is 0.156 e. The molecule has 2 nitrogen and oxygen atoms in total. The molecule has 76 valence electrons. The van der Waals surface area contributed by atoms with Crippen LogP contribution in [0.2, 0.25) is 0 Å². The maximum atomic E-state index is 11.3. The molecule has 2 heteroatoms. The first-order chi connectivity index (χ1) is 6.66. The van der Waals surface area contributed by atoms with E-state index in [2.05, 4.69) is 11.9 Å². The summed E-state index contributed by atoms with van der Waals surface area (Å²) in [6.07, 6.45) is 7.73. The van der Waals surface area contributed by atoms with Gasteiger partial charge in [0.05, 0.1) is 0 Å². The molecule has 0 aromatic heterocycles. The molecule has 1 rings (SSSR count). The third kappa shape index (κ3) is 2.34. The van der Waals surface area contributed by atoms with E-state index in [-0.39, 0.29) is 11.8 Å². The van der Waals surface area contributed by atoms with Gasteiger partial charge in [-0.3, -0.25) is 4.79 Å². The van der Waals surface area contributed by atoms with Crippen LogP contribution < -0.4 is 5.32 Å². The lowest BCUT2D eigenvalue weighted by Crippen LogP contribution is -2.35. The van der Waals surface area contributed by atoms with E-state index in [1.54, 1.807) is 6.92 Å². The molecule has 1 atom stereocenters. The molecule has 0 spiro atoms. The summed E-state index contributed by atoms with van der Waals surface area (Å²) in [6, 6.07) is -0.125. The minimum atomic E-state index is -0.125. The van der Waals surface area contributed by atoms with Gasteiger partial charge in [0.1, 0.15) is 6.04 Å². The van der Waals surface area contributed by atoms with Gasteiger partial charge < -0.3 is 5.32 Å². The number of hydrogen-bond donors (Lipinski definition) is 1. The number of rotatable bonds is 4. The van der Waals surface area contributed by atoms with Crippen molar-refractivity contribution in [1.82, 2.24) is 5.32 Å². The first-order valence-corrected chi connectivity index (χ1v) is 4.90. The molecule has 0 saturated heterocycles. The molecule has 0 saturated carbocycles. The smallest absolute Gasteiger partial charge is 0.156 e. The van der Waals surface area contributed by atoms with Gasteiger partial charge in [0.25, 0.3) is 0 Å². The van der Waals surface area contributed by atoms with Crippen molar-refractivity contribution in [1.29, 1.82) is 0 Å². The SMILES string of the molecule is C=CCCC1=C(C)C(C(C)=O)NC=C1. The number of hydrogen-bond acceptors (Lipinski definition) is 2. The molecule has 1 N–H and O–H groups in total. The van der Waals surface area contributed by atoms with Gasteiger partial charge in [-0.25, -0.2) is 0 Å². The Morgan fingerprint density at radius 3 is 3.00 bits per heavy atom. The van der Waals surface area contributed by atoms with E-state index in [9.17, 15) is 4.79 Å². The minimum absolute atomic E-state index is 0.125. The van der Waals surface area contributed by atoms with Gasteiger partial charge in [0, 0.05) is 0 Å². The van der Waals surface area contributed by atoms with Crippen molar-refractivity contribution < 1.29 is 4.79 Å². The van der Waals surface area contributed by atoms with Crippen LogP contribution in [0.3, 0.4) is 0 Å². The van der Waals surface area contributed by atoms with E-state index < -0.39 is 0 Å². The Morgan fingerprint density at radius 2 is 2.43 bits per heavy atom. The monoisotopic (exact) mass is 191 g/mol. The molecule has 1 heterocycles. The second-order valence-electron chi connectivity index (χ2n) is 3.58. The molecular formula is C12H17NO. The first-order valence-electron chi connectivity index (χ1n) is 4.90. The topological polar surface area (TPSA) is 29.1 Å². The Hall–Kier alpha value is -1.31. The van der Waals surface area contributed by atoms with Crippen LogP contribution in [0.5, 0.6) is 0 Å². The average molecular weight is 191 g/mol. The van der Waals surface area contributed by atoms with Gasteiger partial charge in [-0.15, -0.1) is 6.58 Å². The number of Topliss-reactive ketones (excluding diaryl/α,β-unsaturated/α-hetero) is 1. The largest absolute Gasteiger partial charge is 0.378 e. The molecule has 0 aliphatic carbocycles. The number of ketones is 1.